The molecule has 3 aromatic carbocycles. The van der Waals surface area contributed by atoms with Gasteiger partial charge in [-0.3, -0.25) is 14.8 Å². The summed E-state index contributed by atoms with van der Waals surface area (Å²) in [6.45, 7) is 1.87. The Labute approximate surface area is 194 Å². The Morgan fingerprint density at radius 2 is 1.69 bits per heavy atom. The van der Waals surface area contributed by atoms with E-state index in [4.69, 9.17) is 11.6 Å². The molecule has 162 valence electrons. The second-order valence-corrected chi connectivity index (χ2v) is 9.91. The van der Waals surface area contributed by atoms with Gasteiger partial charge in [0.1, 0.15) is 5.01 Å². The summed E-state index contributed by atoms with van der Waals surface area (Å²) >= 11 is 7.49. The molecule has 1 amide bonds. The summed E-state index contributed by atoms with van der Waals surface area (Å²) < 4.78 is 27.6. The van der Waals surface area contributed by atoms with Crippen LogP contribution in [0.3, 0.4) is 0 Å². The van der Waals surface area contributed by atoms with Crippen molar-refractivity contribution in [3.8, 4) is 10.6 Å². The molecule has 32 heavy (non-hydrogen) atoms. The minimum absolute atomic E-state index is 0.0967. The Kier molecular flexibility index (Phi) is 6.22. The summed E-state index contributed by atoms with van der Waals surface area (Å²) in [7, 11) is -3.78. The van der Waals surface area contributed by atoms with Crippen molar-refractivity contribution < 1.29 is 13.2 Å². The molecule has 0 aliphatic carbocycles. The molecule has 1 heterocycles. The fourth-order valence-electron chi connectivity index (χ4n) is 2.83. The molecule has 0 bridgehead atoms. The first-order chi connectivity index (χ1) is 15.3. The van der Waals surface area contributed by atoms with Gasteiger partial charge in [-0.05, 0) is 37.3 Å². The van der Waals surface area contributed by atoms with Crippen molar-refractivity contribution in [2.75, 3.05) is 10.0 Å². The SMILES string of the molecule is Cc1ccc(S(=O)(=O)Nc2ccc(C(=O)Nc3nnc(-c4ccccc4)s3)c(Cl)c2)cc1. The average molecular weight is 485 g/mol. The van der Waals surface area contributed by atoms with Crippen LogP contribution in [0.1, 0.15) is 15.9 Å². The predicted octanol–water partition coefficient (Wildman–Crippen LogP) is 5.22. The minimum atomic E-state index is -3.78. The third kappa shape index (κ3) is 4.96. The van der Waals surface area contributed by atoms with Crippen LogP contribution in [0.5, 0.6) is 0 Å². The van der Waals surface area contributed by atoms with Gasteiger partial charge in [-0.15, -0.1) is 10.2 Å². The Balaban J connectivity index is 1.48. The smallest absolute Gasteiger partial charge is 0.261 e. The van der Waals surface area contributed by atoms with Crippen LogP contribution in [0.4, 0.5) is 10.8 Å². The number of nitrogens with one attached hydrogen (secondary N) is 2. The quantitative estimate of drug-likeness (QED) is 0.390. The zero-order valence-electron chi connectivity index (χ0n) is 16.7. The summed E-state index contributed by atoms with van der Waals surface area (Å²) in [6.07, 6.45) is 0. The van der Waals surface area contributed by atoms with Gasteiger partial charge < -0.3 is 0 Å². The molecule has 7 nitrogen and oxygen atoms in total. The van der Waals surface area contributed by atoms with Gasteiger partial charge in [0.05, 0.1) is 21.2 Å². The number of amides is 1. The van der Waals surface area contributed by atoms with Crippen molar-refractivity contribution in [2.45, 2.75) is 11.8 Å². The third-order valence-electron chi connectivity index (χ3n) is 4.46. The zero-order valence-corrected chi connectivity index (χ0v) is 19.1. The largest absolute Gasteiger partial charge is 0.296 e. The molecule has 0 fully saturated rings. The molecule has 1 aromatic heterocycles. The number of hydrogen-bond acceptors (Lipinski definition) is 6. The first-order valence-corrected chi connectivity index (χ1v) is 12.1. The molecule has 0 radical (unpaired) electrons. The molecule has 0 unspecified atom stereocenters. The Bertz CT molecular complexity index is 1370. The maximum absolute atomic E-state index is 12.6. The Hall–Kier alpha value is -3.27. The van der Waals surface area contributed by atoms with E-state index < -0.39 is 15.9 Å². The van der Waals surface area contributed by atoms with E-state index in [2.05, 4.69) is 20.2 Å². The van der Waals surface area contributed by atoms with Gasteiger partial charge in [0.15, 0.2) is 0 Å². The van der Waals surface area contributed by atoms with Gasteiger partial charge in [0.25, 0.3) is 15.9 Å². The number of hydrogen-bond donors (Lipinski definition) is 2. The standard InChI is InChI=1S/C22H17ClN4O3S2/c1-14-7-10-17(11-8-14)32(29,30)27-16-9-12-18(19(23)13-16)20(28)24-22-26-25-21(31-22)15-5-3-2-4-6-15/h2-13,27H,1H3,(H,24,26,28). The highest BCUT2D eigenvalue weighted by molar-refractivity contribution is 7.92. The van der Waals surface area contributed by atoms with Gasteiger partial charge in [-0.2, -0.15) is 0 Å². The van der Waals surface area contributed by atoms with E-state index in [0.29, 0.717) is 10.1 Å². The second-order valence-electron chi connectivity index (χ2n) is 6.85. The van der Waals surface area contributed by atoms with Gasteiger partial charge >= 0.3 is 0 Å². The molecule has 4 aromatic rings. The van der Waals surface area contributed by atoms with Crippen molar-refractivity contribution in [3.63, 3.8) is 0 Å². The normalized spacial score (nSPS) is 11.2. The number of anilines is 2. The number of halogens is 1. The topological polar surface area (TPSA) is 101 Å². The number of nitrogens with zero attached hydrogens (tertiary/aromatic N) is 2. The van der Waals surface area contributed by atoms with Gasteiger partial charge in [0, 0.05) is 5.56 Å². The number of sulfonamides is 1. The van der Waals surface area contributed by atoms with Crippen molar-refractivity contribution in [3.05, 3.63) is 88.9 Å². The highest BCUT2D eigenvalue weighted by Gasteiger charge is 2.17. The van der Waals surface area contributed by atoms with Crippen LogP contribution in [-0.4, -0.2) is 24.5 Å². The van der Waals surface area contributed by atoms with E-state index >= 15 is 0 Å². The number of aryl methyl sites for hydroxylation is 1. The van der Waals surface area contributed by atoms with E-state index in [1.807, 2.05) is 37.3 Å². The summed E-state index contributed by atoms with van der Waals surface area (Å²) in [6, 6.07) is 20.3. The lowest BCUT2D eigenvalue weighted by molar-refractivity contribution is 0.102. The first-order valence-electron chi connectivity index (χ1n) is 9.41. The lowest BCUT2D eigenvalue weighted by Gasteiger charge is -2.10. The molecule has 2 N–H and O–H groups in total. The lowest BCUT2D eigenvalue weighted by Crippen LogP contribution is -2.14. The van der Waals surface area contributed by atoms with Crippen LogP contribution < -0.4 is 10.0 Å². The predicted molar refractivity (Wildman–Crippen MR) is 127 cm³/mol. The van der Waals surface area contributed by atoms with Crippen LogP contribution in [0.15, 0.2) is 77.7 Å². The zero-order chi connectivity index (χ0) is 22.7. The van der Waals surface area contributed by atoms with Crippen molar-refractivity contribution in [1.29, 1.82) is 0 Å². The average Bonchev–Trinajstić information content (AvgIpc) is 3.23. The van der Waals surface area contributed by atoms with Gasteiger partial charge in [-0.25, -0.2) is 8.42 Å². The number of carbonyl (C=O) groups is 1. The third-order valence-corrected chi connectivity index (χ3v) is 7.06. The van der Waals surface area contributed by atoms with E-state index in [0.717, 1.165) is 11.1 Å². The Morgan fingerprint density at radius 1 is 0.969 bits per heavy atom. The number of benzene rings is 3. The molecule has 10 heteroatoms. The van der Waals surface area contributed by atoms with Gasteiger partial charge in [0.2, 0.25) is 5.13 Å². The highest BCUT2D eigenvalue weighted by atomic mass is 35.5. The number of carbonyl (C=O) groups excluding carboxylic acids is 1. The summed E-state index contributed by atoms with van der Waals surface area (Å²) in [5, 5.41) is 11.9. The highest BCUT2D eigenvalue weighted by Crippen LogP contribution is 2.28. The molecule has 0 spiro atoms. The van der Waals surface area contributed by atoms with E-state index in [-0.39, 0.29) is 21.2 Å². The Morgan fingerprint density at radius 3 is 2.38 bits per heavy atom. The summed E-state index contributed by atoms with van der Waals surface area (Å²) in [5.41, 5.74) is 2.28. The fraction of sp³-hybridized carbons (Fsp3) is 0.0455. The molecular formula is C22H17ClN4O3S2. The minimum Gasteiger partial charge on any atom is -0.296 e. The molecule has 0 saturated carbocycles. The lowest BCUT2D eigenvalue weighted by atomic mass is 10.2. The van der Waals surface area contributed by atoms with E-state index in [9.17, 15) is 13.2 Å². The molecular weight excluding hydrogens is 468 g/mol. The summed E-state index contributed by atoms with van der Waals surface area (Å²) in [4.78, 5) is 12.8. The molecule has 0 aliphatic rings. The molecule has 0 atom stereocenters. The number of aromatic nitrogens is 2. The van der Waals surface area contributed by atoms with Gasteiger partial charge in [-0.1, -0.05) is 71.0 Å². The van der Waals surface area contributed by atoms with Crippen LogP contribution >= 0.6 is 22.9 Å². The van der Waals surface area contributed by atoms with Crippen LogP contribution in [0, 0.1) is 6.92 Å². The fourth-order valence-corrected chi connectivity index (χ4v) is 4.89. The number of rotatable bonds is 6. The van der Waals surface area contributed by atoms with E-state index in [1.54, 1.807) is 12.1 Å². The molecule has 0 saturated heterocycles. The van der Waals surface area contributed by atoms with Crippen LogP contribution in [0.2, 0.25) is 5.02 Å². The maximum atomic E-state index is 12.6. The monoisotopic (exact) mass is 484 g/mol. The van der Waals surface area contributed by atoms with Crippen molar-refractivity contribution in [2.24, 2.45) is 0 Å². The van der Waals surface area contributed by atoms with Crippen LogP contribution in [0.25, 0.3) is 10.6 Å². The second kappa shape index (κ2) is 9.07. The molecule has 4 rings (SSSR count). The first kappa shape index (κ1) is 21.9. The maximum Gasteiger partial charge on any atom is 0.261 e. The van der Waals surface area contributed by atoms with Crippen molar-refractivity contribution >= 4 is 49.7 Å². The summed E-state index contributed by atoms with van der Waals surface area (Å²) in [5.74, 6) is -0.473. The molecule has 0 aliphatic heterocycles. The van der Waals surface area contributed by atoms with Crippen molar-refractivity contribution in [1.82, 2.24) is 10.2 Å². The van der Waals surface area contributed by atoms with Crippen LogP contribution in [-0.2, 0) is 10.0 Å². The van der Waals surface area contributed by atoms with E-state index in [1.165, 1.54) is 41.7 Å².